The lowest BCUT2D eigenvalue weighted by Crippen LogP contribution is -2.04. The van der Waals surface area contributed by atoms with E-state index in [-0.39, 0.29) is 0 Å². The van der Waals surface area contributed by atoms with Gasteiger partial charge in [0.05, 0.1) is 18.5 Å². The predicted molar refractivity (Wildman–Crippen MR) is 87.9 cm³/mol. The first-order chi connectivity index (χ1) is 10.0. The van der Waals surface area contributed by atoms with Crippen LogP contribution in [0.25, 0.3) is 0 Å². The van der Waals surface area contributed by atoms with E-state index in [0.29, 0.717) is 10.8 Å². The number of aryl methyl sites for hydroxylation is 3. The highest BCUT2D eigenvalue weighted by Crippen LogP contribution is 2.32. The molecule has 0 amide bonds. The van der Waals surface area contributed by atoms with Gasteiger partial charge in [0, 0.05) is 23.8 Å². The second kappa shape index (κ2) is 6.85. The minimum absolute atomic E-state index is 0.697. The summed E-state index contributed by atoms with van der Waals surface area (Å²) in [5, 5.41) is 4.06. The van der Waals surface area contributed by atoms with Gasteiger partial charge in [0.25, 0.3) is 0 Å². The van der Waals surface area contributed by atoms with Crippen LogP contribution in [0.4, 0.5) is 11.6 Å². The van der Waals surface area contributed by atoms with E-state index in [1.54, 1.807) is 7.11 Å². The van der Waals surface area contributed by atoms with Gasteiger partial charge in [-0.25, -0.2) is 4.98 Å². The fourth-order valence-corrected chi connectivity index (χ4v) is 2.35. The van der Waals surface area contributed by atoms with E-state index in [0.717, 1.165) is 42.3 Å². The number of nitrogens with zero attached hydrogens (tertiary/aromatic N) is 2. The monoisotopic (exact) mass is 307 g/mol. The lowest BCUT2D eigenvalue weighted by Gasteiger charge is -2.14. The summed E-state index contributed by atoms with van der Waals surface area (Å²) in [6, 6.07) is 3.81. The van der Waals surface area contributed by atoms with Crippen LogP contribution in [0, 0.1) is 13.8 Å². The Kier molecular flexibility index (Phi) is 5.12. The normalized spacial score (nSPS) is 10.7. The Bertz CT molecular complexity index is 622. The number of imidazole rings is 1. The first kappa shape index (κ1) is 15.7. The third-order valence-electron chi connectivity index (χ3n) is 3.38. The van der Waals surface area contributed by atoms with E-state index in [1.165, 1.54) is 0 Å². The van der Waals surface area contributed by atoms with Crippen molar-refractivity contribution < 1.29 is 4.74 Å². The molecule has 1 N–H and O–H groups in total. The van der Waals surface area contributed by atoms with Gasteiger partial charge in [-0.05, 0) is 31.9 Å². The zero-order valence-corrected chi connectivity index (χ0v) is 13.8. The van der Waals surface area contributed by atoms with Crippen molar-refractivity contribution in [3.8, 4) is 5.75 Å². The van der Waals surface area contributed by atoms with Crippen molar-refractivity contribution in [1.82, 2.24) is 9.55 Å². The van der Waals surface area contributed by atoms with Gasteiger partial charge in [-0.15, -0.1) is 0 Å². The van der Waals surface area contributed by atoms with E-state index in [2.05, 4.69) is 28.0 Å². The quantitative estimate of drug-likeness (QED) is 0.840. The van der Waals surface area contributed by atoms with Crippen molar-refractivity contribution in [2.45, 2.75) is 40.2 Å². The third-order valence-corrected chi connectivity index (χ3v) is 3.78. The maximum Gasteiger partial charge on any atom is 0.207 e. The molecule has 2 aromatic rings. The molecule has 1 aromatic heterocycles. The van der Waals surface area contributed by atoms with Crippen molar-refractivity contribution >= 4 is 23.2 Å². The smallest absolute Gasteiger partial charge is 0.207 e. The molecule has 114 valence electrons. The molecule has 2 rings (SSSR count). The van der Waals surface area contributed by atoms with Gasteiger partial charge in [0.1, 0.15) is 5.75 Å². The van der Waals surface area contributed by atoms with Crippen LogP contribution in [-0.2, 0) is 6.54 Å². The Morgan fingerprint density at radius 3 is 2.76 bits per heavy atom. The summed E-state index contributed by atoms with van der Waals surface area (Å²) in [5.41, 5.74) is 2.88. The Balaban J connectivity index is 2.31. The van der Waals surface area contributed by atoms with Gasteiger partial charge >= 0.3 is 0 Å². The molecule has 0 fully saturated rings. The van der Waals surface area contributed by atoms with E-state index in [1.807, 2.05) is 26.0 Å². The minimum Gasteiger partial charge on any atom is -0.495 e. The molecule has 1 heterocycles. The number of aromatic nitrogens is 2. The number of unbranched alkanes of at least 4 members (excludes halogenated alkanes) is 1. The van der Waals surface area contributed by atoms with Crippen LogP contribution in [0.5, 0.6) is 5.75 Å². The van der Waals surface area contributed by atoms with Gasteiger partial charge in [0.2, 0.25) is 5.95 Å². The van der Waals surface area contributed by atoms with Crippen LogP contribution in [0.2, 0.25) is 5.02 Å². The zero-order chi connectivity index (χ0) is 15.4. The molecule has 21 heavy (non-hydrogen) atoms. The fourth-order valence-electron chi connectivity index (χ4n) is 2.20. The third kappa shape index (κ3) is 3.70. The molecule has 0 spiro atoms. The van der Waals surface area contributed by atoms with Gasteiger partial charge in [-0.2, -0.15) is 0 Å². The number of halogens is 1. The molecule has 0 radical (unpaired) electrons. The molecule has 0 aliphatic rings. The Morgan fingerprint density at radius 1 is 1.33 bits per heavy atom. The van der Waals surface area contributed by atoms with Crippen molar-refractivity contribution in [2.75, 3.05) is 12.4 Å². The minimum atomic E-state index is 0.697. The maximum atomic E-state index is 6.14. The molecular weight excluding hydrogens is 286 g/mol. The molecule has 0 aliphatic heterocycles. The average molecular weight is 308 g/mol. The molecule has 0 atom stereocenters. The predicted octanol–water partition coefficient (Wildman–Crippen LogP) is 4.71. The molecule has 4 nitrogen and oxygen atoms in total. The van der Waals surface area contributed by atoms with Crippen LogP contribution in [-0.4, -0.2) is 16.7 Å². The maximum absolute atomic E-state index is 6.14. The number of nitrogens with one attached hydrogen (secondary N) is 1. The molecule has 1 aromatic carbocycles. The van der Waals surface area contributed by atoms with Crippen molar-refractivity contribution in [3.05, 3.63) is 34.6 Å². The highest BCUT2D eigenvalue weighted by Gasteiger charge is 2.11. The molecule has 0 unspecified atom stereocenters. The summed E-state index contributed by atoms with van der Waals surface area (Å²) in [4.78, 5) is 4.55. The van der Waals surface area contributed by atoms with Crippen molar-refractivity contribution in [1.29, 1.82) is 0 Å². The fraction of sp³-hybridized carbons (Fsp3) is 0.438. The standard InChI is InChI=1S/C16H22ClN3O/c1-5-6-7-20-10-12(3)18-16(20)19-14-8-11(2)13(17)9-15(14)21-4/h8-10H,5-7H2,1-4H3,(H,18,19). The second-order valence-electron chi connectivity index (χ2n) is 5.18. The van der Waals surface area contributed by atoms with E-state index in [9.17, 15) is 0 Å². The van der Waals surface area contributed by atoms with Gasteiger partial charge < -0.3 is 14.6 Å². The second-order valence-corrected chi connectivity index (χ2v) is 5.59. The number of hydrogen-bond donors (Lipinski definition) is 1. The van der Waals surface area contributed by atoms with E-state index >= 15 is 0 Å². The highest BCUT2D eigenvalue weighted by atomic mass is 35.5. The van der Waals surface area contributed by atoms with Crippen LogP contribution in [0.1, 0.15) is 31.0 Å². The lowest BCUT2D eigenvalue weighted by atomic mass is 10.2. The highest BCUT2D eigenvalue weighted by molar-refractivity contribution is 6.31. The zero-order valence-electron chi connectivity index (χ0n) is 13.0. The van der Waals surface area contributed by atoms with E-state index < -0.39 is 0 Å². The summed E-state index contributed by atoms with van der Waals surface area (Å²) >= 11 is 6.14. The average Bonchev–Trinajstić information content (AvgIpc) is 2.80. The molecule has 0 saturated carbocycles. The Hall–Kier alpha value is -1.68. The molecule has 0 bridgehead atoms. The molecule has 0 saturated heterocycles. The number of methoxy groups -OCH3 is 1. The largest absolute Gasteiger partial charge is 0.495 e. The number of ether oxygens (including phenoxy) is 1. The van der Waals surface area contributed by atoms with Crippen molar-refractivity contribution in [3.63, 3.8) is 0 Å². The summed E-state index contributed by atoms with van der Waals surface area (Å²) in [6.45, 7) is 7.11. The summed E-state index contributed by atoms with van der Waals surface area (Å²) in [7, 11) is 1.64. The van der Waals surface area contributed by atoms with Gasteiger partial charge in [-0.1, -0.05) is 24.9 Å². The summed E-state index contributed by atoms with van der Waals surface area (Å²) < 4.78 is 7.54. The van der Waals surface area contributed by atoms with Crippen LogP contribution < -0.4 is 10.1 Å². The van der Waals surface area contributed by atoms with Crippen LogP contribution >= 0.6 is 11.6 Å². The van der Waals surface area contributed by atoms with Crippen LogP contribution in [0.15, 0.2) is 18.3 Å². The summed E-state index contributed by atoms with van der Waals surface area (Å²) in [6.07, 6.45) is 4.34. The van der Waals surface area contributed by atoms with E-state index in [4.69, 9.17) is 16.3 Å². The number of hydrogen-bond acceptors (Lipinski definition) is 3. The Morgan fingerprint density at radius 2 is 2.10 bits per heavy atom. The SMILES string of the molecule is CCCCn1cc(C)nc1Nc1cc(C)c(Cl)cc1OC. The molecular formula is C16H22ClN3O. The first-order valence-electron chi connectivity index (χ1n) is 7.20. The number of benzene rings is 1. The topological polar surface area (TPSA) is 39.1 Å². The lowest BCUT2D eigenvalue weighted by molar-refractivity contribution is 0.416. The number of rotatable bonds is 6. The molecule has 5 heteroatoms. The van der Waals surface area contributed by atoms with Crippen molar-refractivity contribution in [2.24, 2.45) is 0 Å². The first-order valence-corrected chi connectivity index (χ1v) is 7.58. The molecule has 0 aliphatic carbocycles. The van der Waals surface area contributed by atoms with Gasteiger partial charge in [-0.3, -0.25) is 0 Å². The Labute approximate surface area is 131 Å². The summed E-state index contributed by atoms with van der Waals surface area (Å²) in [5.74, 6) is 1.55. The number of anilines is 2. The van der Waals surface area contributed by atoms with Crippen LogP contribution in [0.3, 0.4) is 0 Å². The van der Waals surface area contributed by atoms with Gasteiger partial charge in [0.15, 0.2) is 0 Å².